The van der Waals surface area contributed by atoms with Gasteiger partial charge in [-0.05, 0) is 153 Å². The van der Waals surface area contributed by atoms with Crippen LogP contribution in [0.2, 0.25) is 0 Å². The normalized spacial score (nSPS) is 33.6. The molecule has 4 nitrogen and oxygen atoms in total. The molecule has 7 unspecified atom stereocenters. The summed E-state index contributed by atoms with van der Waals surface area (Å²) in [5.74, 6) is 6.14. The fourth-order valence-corrected chi connectivity index (χ4v) is 14.7. The van der Waals surface area contributed by atoms with Gasteiger partial charge in [0.15, 0.2) is 0 Å². The summed E-state index contributed by atoms with van der Waals surface area (Å²) in [6.07, 6.45) is 18.4. The maximum atomic E-state index is 5.53. The first-order valence-electron chi connectivity index (χ1n) is 20.1. The molecule has 250 valence electrons. The molecule has 7 bridgehead atoms. The summed E-state index contributed by atoms with van der Waals surface area (Å²) >= 11 is 0. The molecule has 4 heteroatoms. The molecule has 51 heavy (non-hydrogen) atoms. The molecule has 7 aromatic rings. The third-order valence-corrected chi connectivity index (χ3v) is 16.2. The largest absolute Gasteiger partial charge is 0.310 e. The van der Waals surface area contributed by atoms with E-state index in [4.69, 9.17) is 9.97 Å². The summed E-state index contributed by atoms with van der Waals surface area (Å²) < 4.78 is 2.64. The molecular weight excluding hydrogens is 621 g/mol. The zero-order chi connectivity index (χ0) is 32.7. The summed E-state index contributed by atoms with van der Waals surface area (Å²) in [6, 6.07) is 27.2. The number of pyridine rings is 2. The van der Waals surface area contributed by atoms with Gasteiger partial charge >= 0.3 is 0 Å². The van der Waals surface area contributed by atoms with Crippen molar-refractivity contribution in [1.29, 1.82) is 0 Å². The van der Waals surface area contributed by atoms with Crippen LogP contribution in [0.3, 0.4) is 0 Å². The van der Waals surface area contributed by atoms with Crippen molar-refractivity contribution in [3.63, 3.8) is 0 Å². The lowest BCUT2D eigenvalue weighted by Gasteiger charge is -2.48. The van der Waals surface area contributed by atoms with Crippen molar-refractivity contribution >= 4 is 55.2 Å². The molecule has 0 amide bonds. The monoisotopic (exact) mass is 662 g/mol. The Morgan fingerprint density at radius 2 is 1.10 bits per heavy atom. The fourth-order valence-electron chi connectivity index (χ4n) is 14.7. The number of fused-ring (bicyclic) bond motifs is 12. The van der Waals surface area contributed by atoms with Crippen molar-refractivity contribution in [2.24, 2.45) is 29.1 Å². The highest BCUT2D eigenvalue weighted by Gasteiger charge is 2.66. The summed E-state index contributed by atoms with van der Waals surface area (Å²) in [4.78, 5) is 13.5. The van der Waals surface area contributed by atoms with Gasteiger partial charge in [0, 0.05) is 61.8 Å². The van der Waals surface area contributed by atoms with Crippen LogP contribution in [0.25, 0.3) is 38.1 Å². The lowest BCUT2D eigenvalue weighted by atomic mass is 9.56. The highest BCUT2D eigenvalue weighted by Crippen LogP contribution is 2.76. The van der Waals surface area contributed by atoms with Crippen LogP contribution in [0, 0.1) is 29.1 Å². The number of para-hydroxylation sites is 2. The van der Waals surface area contributed by atoms with Crippen molar-refractivity contribution in [3.05, 3.63) is 108 Å². The van der Waals surface area contributed by atoms with E-state index < -0.39 is 0 Å². The quantitative estimate of drug-likeness (QED) is 0.189. The van der Waals surface area contributed by atoms with E-state index in [9.17, 15) is 0 Å². The van der Waals surface area contributed by atoms with Gasteiger partial charge in [0.05, 0.1) is 28.9 Å². The van der Waals surface area contributed by atoms with Crippen molar-refractivity contribution in [2.75, 3.05) is 4.90 Å². The number of hydrogen-bond acceptors (Lipinski definition) is 3. The van der Waals surface area contributed by atoms with Gasteiger partial charge in [0.2, 0.25) is 0 Å². The van der Waals surface area contributed by atoms with Crippen molar-refractivity contribution in [2.45, 2.75) is 87.9 Å². The van der Waals surface area contributed by atoms with Crippen LogP contribution in [0.1, 0.15) is 110 Å². The third kappa shape index (κ3) is 3.23. The van der Waals surface area contributed by atoms with Gasteiger partial charge in [-0.1, -0.05) is 36.4 Å². The standard InChI is InChI=1S/C47H42N4/c1-3-7-33(8-4-1)50(34-9-5-2-6-10-34)35-19-36-42-38(23-48-44-28-14-25-11-26(15-28)13-27(12-25)40(42)44)51-39-24-49-45-30-17-32-18-31-16-29(21-47(31,32)22-30)41(45)43(39)37(20-35)46(36)51/h1-10,19-20,23-32H,11-18,21-22H2. The van der Waals surface area contributed by atoms with Gasteiger partial charge in [-0.15, -0.1) is 0 Å². The maximum absolute atomic E-state index is 5.53. The van der Waals surface area contributed by atoms with E-state index in [1.54, 1.807) is 11.1 Å². The highest BCUT2D eigenvalue weighted by molar-refractivity contribution is 6.26. The first-order chi connectivity index (χ1) is 25.2. The first-order valence-corrected chi connectivity index (χ1v) is 20.1. The Morgan fingerprint density at radius 3 is 1.75 bits per heavy atom. The van der Waals surface area contributed by atoms with Crippen LogP contribution in [0.15, 0.2) is 85.2 Å². The molecular formula is C47H42N4. The number of nitrogens with zero attached hydrogens (tertiary/aromatic N) is 4. The maximum Gasteiger partial charge on any atom is 0.0728 e. The van der Waals surface area contributed by atoms with Gasteiger partial charge in [-0.3, -0.25) is 9.97 Å². The van der Waals surface area contributed by atoms with E-state index in [2.05, 4.69) is 94.5 Å². The molecule has 15 rings (SSSR count). The predicted molar refractivity (Wildman–Crippen MR) is 205 cm³/mol. The Labute approximate surface area is 298 Å². The minimum absolute atomic E-state index is 0.609. The summed E-state index contributed by atoms with van der Waals surface area (Å²) in [5, 5.41) is 5.87. The number of anilines is 3. The minimum atomic E-state index is 0.609. The van der Waals surface area contributed by atoms with E-state index in [-0.39, 0.29) is 0 Å². The van der Waals surface area contributed by atoms with Gasteiger partial charge < -0.3 is 9.30 Å². The minimum Gasteiger partial charge on any atom is -0.310 e. The van der Waals surface area contributed by atoms with E-state index in [0.717, 1.165) is 23.7 Å². The first kappa shape index (κ1) is 27.2. The molecule has 8 aliphatic rings. The Morgan fingerprint density at radius 1 is 0.549 bits per heavy atom. The average molecular weight is 663 g/mol. The Balaban J connectivity index is 1.14. The smallest absolute Gasteiger partial charge is 0.0728 e. The molecule has 0 radical (unpaired) electrons. The van der Waals surface area contributed by atoms with Crippen molar-refractivity contribution < 1.29 is 0 Å². The van der Waals surface area contributed by atoms with Crippen LogP contribution < -0.4 is 4.90 Å². The summed E-state index contributed by atoms with van der Waals surface area (Å²) in [6.45, 7) is 0. The van der Waals surface area contributed by atoms with Gasteiger partial charge in [-0.2, -0.15) is 0 Å². The van der Waals surface area contributed by atoms with Crippen LogP contribution in [0.5, 0.6) is 0 Å². The second kappa shape index (κ2) is 9.13. The number of hydrogen-bond donors (Lipinski definition) is 0. The SMILES string of the molecule is c1ccc(N(c2ccccc2)c2cc3c4c5c(ncc4n4c6cnc7c(c6c(c2)c34)C2CC3CC4CC7CC43C2)C2CC3CC(C2)CC5C3)cc1. The lowest BCUT2D eigenvalue weighted by Crippen LogP contribution is -2.41. The molecule has 3 aromatic carbocycles. The van der Waals surface area contributed by atoms with Gasteiger partial charge in [0.25, 0.3) is 0 Å². The average Bonchev–Trinajstić information content (AvgIpc) is 3.80. The molecule has 7 atom stereocenters. The molecule has 0 N–H and O–H groups in total. The van der Waals surface area contributed by atoms with Gasteiger partial charge in [-0.25, -0.2) is 0 Å². The molecule has 0 saturated heterocycles. The Bertz CT molecular complexity index is 2570. The zero-order valence-corrected chi connectivity index (χ0v) is 29.1. The fraction of sp³-hybridized carbons (Fsp3) is 0.404. The second-order valence-corrected chi connectivity index (χ2v) is 18.3. The highest BCUT2D eigenvalue weighted by atomic mass is 15.1. The van der Waals surface area contributed by atoms with Gasteiger partial charge in [0.1, 0.15) is 0 Å². The molecule has 0 aliphatic heterocycles. The third-order valence-electron chi connectivity index (χ3n) is 16.2. The van der Waals surface area contributed by atoms with Crippen LogP contribution in [-0.2, 0) is 0 Å². The number of aromatic nitrogens is 3. The van der Waals surface area contributed by atoms with Crippen LogP contribution in [0.4, 0.5) is 17.1 Å². The molecule has 5 saturated carbocycles. The zero-order valence-electron chi connectivity index (χ0n) is 29.1. The molecule has 1 spiro atoms. The van der Waals surface area contributed by atoms with Crippen LogP contribution in [-0.4, -0.2) is 14.4 Å². The van der Waals surface area contributed by atoms with E-state index in [1.807, 2.05) is 0 Å². The number of rotatable bonds is 3. The van der Waals surface area contributed by atoms with Crippen molar-refractivity contribution in [1.82, 2.24) is 14.4 Å². The number of benzene rings is 3. The van der Waals surface area contributed by atoms with Crippen LogP contribution >= 0.6 is 0 Å². The molecule has 8 aliphatic carbocycles. The Kier molecular flexibility index (Phi) is 4.88. The topological polar surface area (TPSA) is 33.4 Å². The summed E-state index contributed by atoms with van der Waals surface area (Å²) in [5.41, 5.74) is 14.5. The van der Waals surface area contributed by atoms with E-state index >= 15 is 0 Å². The molecule has 4 heterocycles. The summed E-state index contributed by atoms with van der Waals surface area (Å²) in [7, 11) is 0. The van der Waals surface area contributed by atoms with E-state index in [1.165, 1.54) is 131 Å². The second-order valence-electron chi connectivity index (χ2n) is 18.3. The Hall–Kier alpha value is -4.44. The lowest BCUT2D eigenvalue weighted by molar-refractivity contribution is 0.00321. The predicted octanol–water partition coefficient (Wildman–Crippen LogP) is 11.9. The molecule has 5 fully saturated rings. The molecule has 4 aromatic heterocycles. The van der Waals surface area contributed by atoms with E-state index in [0.29, 0.717) is 29.1 Å². The van der Waals surface area contributed by atoms with Crippen molar-refractivity contribution in [3.8, 4) is 0 Å².